The summed E-state index contributed by atoms with van der Waals surface area (Å²) in [6.45, 7) is 1.91. The Labute approximate surface area is 110 Å². The molecule has 19 heavy (non-hydrogen) atoms. The highest BCUT2D eigenvalue weighted by Gasteiger charge is 2.07. The van der Waals surface area contributed by atoms with Crippen LogP contribution >= 0.6 is 0 Å². The molecule has 0 unspecified atom stereocenters. The highest BCUT2D eigenvalue weighted by molar-refractivity contribution is 5.47. The van der Waals surface area contributed by atoms with Crippen molar-refractivity contribution in [1.29, 1.82) is 5.26 Å². The summed E-state index contributed by atoms with van der Waals surface area (Å²) in [6, 6.07) is 11.1. The second-order valence-corrected chi connectivity index (χ2v) is 4.21. The Hall–Kier alpha value is -2.41. The molecule has 0 spiro atoms. The monoisotopic (exact) mass is 258 g/mol. The van der Waals surface area contributed by atoms with Gasteiger partial charge in [-0.05, 0) is 36.8 Å². The van der Waals surface area contributed by atoms with Gasteiger partial charge >= 0.3 is 0 Å². The fourth-order valence-corrected chi connectivity index (χ4v) is 1.75. The van der Waals surface area contributed by atoms with Crippen molar-refractivity contribution in [2.75, 3.05) is 5.32 Å². The van der Waals surface area contributed by atoms with Gasteiger partial charge in [0.2, 0.25) is 0 Å². The first-order valence-corrected chi connectivity index (χ1v) is 5.79. The van der Waals surface area contributed by atoms with Crippen LogP contribution in [0.15, 0.2) is 36.4 Å². The lowest BCUT2D eigenvalue weighted by Crippen LogP contribution is -2.03. The quantitative estimate of drug-likeness (QED) is 0.909. The number of anilines is 1. The molecule has 0 aliphatic heterocycles. The van der Waals surface area contributed by atoms with Gasteiger partial charge in [0.1, 0.15) is 17.7 Å². The maximum Gasteiger partial charge on any atom is 0.145 e. The van der Waals surface area contributed by atoms with E-state index in [-0.39, 0.29) is 17.9 Å². The largest absolute Gasteiger partial charge is 0.381 e. The van der Waals surface area contributed by atoms with E-state index in [4.69, 9.17) is 5.26 Å². The second kappa shape index (κ2) is 5.49. The lowest BCUT2D eigenvalue weighted by molar-refractivity contribution is 0.608. The molecule has 0 heterocycles. The van der Waals surface area contributed by atoms with Crippen molar-refractivity contribution < 1.29 is 8.78 Å². The first-order valence-electron chi connectivity index (χ1n) is 5.79. The zero-order valence-electron chi connectivity index (χ0n) is 10.4. The average molecular weight is 258 g/mol. The molecule has 2 aromatic rings. The van der Waals surface area contributed by atoms with Gasteiger partial charge in [0, 0.05) is 17.8 Å². The Morgan fingerprint density at radius 1 is 1.21 bits per heavy atom. The molecule has 2 rings (SSSR count). The van der Waals surface area contributed by atoms with Crippen LogP contribution in [-0.2, 0) is 6.54 Å². The van der Waals surface area contributed by atoms with E-state index in [1.165, 1.54) is 12.1 Å². The summed E-state index contributed by atoms with van der Waals surface area (Å²) in [6.07, 6.45) is 0. The number of hydrogen-bond donors (Lipinski definition) is 1. The van der Waals surface area contributed by atoms with Crippen molar-refractivity contribution in [3.63, 3.8) is 0 Å². The number of benzene rings is 2. The van der Waals surface area contributed by atoms with Gasteiger partial charge in [0.15, 0.2) is 0 Å². The molecule has 4 heteroatoms. The van der Waals surface area contributed by atoms with E-state index >= 15 is 0 Å². The molecule has 2 nitrogen and oxygen atoms in total. The summed E-state index contributed by atoms with van der Waals surface area (Å²) < 4.78 is 26.9. The van der Waals surface area contributed by atoms with Crippen molar-refractivity contribution in [3.8, 4) is 6.07 Å². The average Bonchev–Trinajstić information content (AvgIpc) is 2.41. The van der Waals surface area contributed by atoms with Crippen LogP contribution in [0.4, 0.5) is 14.5 Å². The number of hydrogen-bond acceptors (Lipinski definition) is 2. The van der Waals surface area contributed by atoms with Gasteiger partial charge in [-0.3, -0.25) is 0 Å². The topological polar surface area (TPSA) is 35.8 Å². The Morgan fingerprint density at radius 2 is 2.00 bits per heavy atom. The second-order valence-electron chi connectivity index (χ2n) is 4.21. The SMILES string of the molecule is Cc1cc(NCc2cccc(C#N)c2F)ccc1F. The third kappa shape index (κ3) is 2.89. The van der Waals surface area contributed by atoms with Crippen LogP contribution in [0.2, 0.25) is 0 Å². The predicted molar refractivity (Wildman–Crippen MR) is 69.6 cm³/mol. The van der Waals surface area contributed by atoms with Crippen molar-refractivity contribution >= 4 is 5.69 Å². The summed E-state index contributed by atoms with van der Waals surface area (Å²) >= 11 is 0. The molecule has 1 N–H and O–H groups in total. The minimum atomic E-state index is -0.517. The van der Waals surface area contributed by atoms with E-state index in [0.717, 1.165) is 0 Å². The zero-order valence-corrected chi connectivity index (χ0v) is 10.4. The van der Waals surface area contributed by atoms with E-state index in [0.29, 0.717) is 16.8 Å². The number of nitriles is 1. The standard InChI is InChI=1S/C15H12F2N2/c1-10-7-13(5-6-14(10)16)19-9-12-4-2-3-11(8-18)15(12)17/h2-7,19H,9H2,1H3. The molecule has 0 aliphatic rings. The number of aryl methyl sites for hydroxylation is 1. The number of halogens is 2. The van der Waals surface area contributed by atoms with Gasteiger partial charge in [0.05, 0.1) is 5.56 Å². The molecule has 2 aromatic carbocycles. The van der Waals surface area contributed by atoms with Crippen LogP contribution < -0.4 is 5.32 Å². The molecule has 0 amide bonds. The molecule has 96 valence electrons. The van der Waals surface area contributed by atoms with E-state index in [2.05, 4.69) is 5.32 Å². The molecule has 0 aromatic heterocycles. The van der Waals surface area contributed by atoms with Crippen LogP contribution in [0.5, 0.6) is 0 Å². The Balaban J connectivity index is 2.15. The maximum absolute atomic E-state index is 13.8. The highest BCUT2D eigenvalue weighted by Crippen LogP contribution is 2.17. The summed E-state index contributed by atoms with van der Waals surface area (Å²) in [4.78, 5) is 0. The van der Waals surface area contributed by atoms with E-state index in [1.54, 1.807) is 37.3 Å². The molecular formula is C15H12F2N2. The molecule has 0 saturated heterocycles. The molecule has 0 saturated carbocycles. The Morgan fingerprint density at radius 3 is 2.68 bits per heavy atom. The predicted octanol–water partition coefficient (Wildman–Crippen LogP) is 3.76. The van der Waals surface area contributed by atoms with Crippen molar-refractivity contribution in [1.82, 2.24) is 0 Å². The summed E-state index contributed by atoms with van der Waals surface area (Å²) in [5, 5.41) is 11.7. The third-order valence-corrected chi connectivity index (χ3v) is 2.84. The Bertz CT molecular complexity index is 645. The number of rotatable bonds is 3. The molecule has 0 radical (unpaired) electrons. The van der Waals surface area contributed by atoms with Gasteiger partial charge in [-0.2, -0.15) is 5.26 Å². The normalized spacial score (nSPS) is 10.0. The minimum absolute atomic E-state index is 0.0228. The lowest BCUT2D eigenvalue weighted by Gasteiger charge is -2.09. The highest BCUT2D eigenvalue weighted by atomic mass is 19.1. The number of nitrogens with one attached hydrogen (secondary N) is 1. The number of nitrogens with zero attached hydrogens (tertiary/aromatic N) is 1. The van der Waals surface area contributed by atoms with Crippen molar-refractivity contribution in [2.45, 2.75) is 13.5 Å². The fourth-order valence-electron chi connectivity index (χ4n) is 1.75. The Kier molecular flexibility index (Phi) is 3.76. The van der Waals surface area contributed by atoms with E-state index in [1.807, 2.05) is 0 Å². The minimum Gasteiger partial charge on any atom is -0.381 e. The van der Waals surface area contributed by atoms with Crippen LogP contribution in [0.25, 0.3) is 0 Å². The maximum atomic E-state index is 13.8. The molecular weight excluding hydrogens is 246 g/mol. The van der Waals surface area contributed by atoms with Gasteiger partial charge in [0.25, 0.3) is 0 Å². The van der Waals surface area contributed by atoms with Crippen molar-refractivity contribution in [2.24, 2.45) is 0 Å². The lowest BCUT2D eigenvalue weighted by atomic mass is 10.1. The van der Waals surface area contributed by atoms with Crippen LogP contribution in [0.3, 0.4) is 0 Å². The summed E-state index contributed by atoms with van der Waals surface area (Å²) in [7, 11) is 0. The third-order valence-electron chi connectivity index (χ3n) is 2.84. The van der Waals surface area contributed by atoms with Crippen LogP contribution in [0.1, 0.15) is 16.7 Å². The van der Waals surface area contributed by atoms with Gasteiger partial charge in [-0.25, -0.2) is 8.78 Å². The van der Waals surface area contributed by atoms with Crippen LogP contribution in [-0.4, -0.2) is 0 Å². The van der Waals surface area contributed by atoms with Gasteiger partial charge < -0.3 is 5.32 Å². The molecule has 0 aliphatic carbocycles. The van der Waals surface area contributed by atoms with Gasteiger partial charge in [-0.15, -0.1) is 0 Å². The zero-order chi connectivity index (χ0) is 13.8. The van der Waals surface area contributed by atoms with E-state index < -0.39 is 5.82 Å². The first-order chi connectivity index (χ1) is 9.11. The van der Waals surface area contributed by atoms with Crippen molar-refractivity contribution in [3.05, 3.63) is 64.7 Å². The van der Waals surface area contributed by atoms with E-state index in [9.17, 15) is 8.78 Å². The molecule has 0 bridgehead atoms. The summed E-state index contributed by atoms with van der Waals surface area (Å²) in [5.41, 5.74) is 1.66. The first kappa shape index (κ1) is 13.0. The molecule has 0 fully saturated rings. The van der Waals surface area contributed by atoms with Crippen LogP contribution in [0, 0.1) is 29.9 Å². The fraction of sp³-hybridized carbons (Fsp3) is 0.133. The smallest absolute Gasteiger partial charge is 0.145 e. The summed E-state index contributed by atoms with van der Waals surface area (Å²) in [5.74, 6) is -0.792. The van der Waals surface area contributed by atoms with Gasteiger partial charge in [-0.1, -0.05) is 12.1 Å². The molecule has 0 atom stereocenters.